The molecule has 57 heavy (non-hydrogen) atoms. The highest BCUT2D eigenvalue weighted by atomic mass is 16.5. The van der Waals surface area contributed by atoms with E-state index in [0.717, 1.165) is 57.9 Å². The average molecular weight is 761 g/mol. The Balaban J connectivity index is 0.967. The molecule has 1 aliphatic heterocycles. The van der Waals surface area contributed by atoms with Crippen LogP contribution in [0, 0.1) is 11.8 Å². The topological polar surface area (TPSA) is 162 Å². The highest BCUT2D eigenvalue weighted by Crippen LogP contribution is 2.33. The number of likely N-dealkylation sites (tertiary alicyclic amines) is 1. The lowest BCUT2D eigenvalue weighted by Gasteiger charge is -2.28. The number of carbonyl (C=O) groups is 3. The number of alkyl carbamates (subject to hydrolysis) is 1. The molecule has 12 heteroatoms. The second-order valence-corrected chi connectivity index (χ2v) is 14.0. The van der Waals surface area contributed by atoms with Crippen molar-refractivity contribution in [2.75, 3.05) is 20.7 Å². The van der Waals surface area contributed by atoms with E-state index >= 15 is 0 Å². The van der Waals surface area contributed by atoms with Crippen LogP contribution in [-0.2, 0) is 14.3 Å². The number of hydrogen-bond acceptors (Lipinski definition) is 7. The standard InChI is InChI=1S/C45H44N8O4/c1-29(52(2)44(55)40(51-45(56)57-3)35-13-8-5-9-14-35)41-47-27-36(49-41)32-22-18-30(19-23-32)16-17-31-20-24-33(25-21-31)37-28-48-42(50-37)38-15-10-26-53(38)43(54)39(46)34-11-6-4-7-12-34/h4-9,11-14,18-25,27-29,38-40H,10,15,26,46H2,1-3H3,(H,47,49)(H,48,50)(H,51,56)/t29-,38-,39+,40+/m0/s1. The maximum absolute atomic E-state index is 13.6. The molecular formula is C45H44N8O4. The van der Waals surface area contributed by atoms with Gasteiger partial charge in [0.05, 0.1) is 43.0 Å². The third-order valence-corrected chi connectivity index (χ3v) is 10.4. The van der Waals surface area contributed by atoms with Crippen molar-refractivity contribution in [3.63, 3.8) is 0 Å². The van der Waals surface area contributed by atoms with Crippen LogP contribution in [0.5, 0.6) is 0 Å². The van der Waals surface area contributed by atoms with Gasteiger partial charge in [0, 0.05) is 24.7 Å². The molecule has 5 N–H and O–H groups in total. The SMILES string of the molecule is COC(=O)N[C@@H](C(=O)N(C)[C@@H](C)c1ncc(-c2ccc(C#Cc3ccc(-c4cnc([C@@H]5CCCN5C(=O)[C@H](N)c5ccccc5)[nH]4)cc3)cc2)[nH]1)c1ccccc1. The smallest absolute Gasteiger partial charge is 0.407 e. The van der Waals surface area contributed by atoms with Crippen LogP contribution in [0.2, 0.25) is 0 Å². The number of H-pyrrole nitrogens is 2. The quantitative estimate of drug-likeness (QED) is 0.111. The molecule has 0 aliphatic carbocycles. The number of aromatic amines is 2. The predicted molar refractivity (Wildman–Crippen MR) is 217 cm³/mol. The summed E-state index contributed by atoms with van der Waals surface area (Å²) in [6.45, 7) is 2.52. The summed E-state index contributed by atoms with van der Waals surface area (Å²) in [7, 11) is 2.94. The predicted octanol–water partition coefficient (Wildman–Crippen LogP) is 6.85. The molecule has 4 aromatic carbocycles. The Labute approximate surface area is 331 Å². The molecule has 2 aromatic heterocycles. The lowest BCUT2D eigenvalue weighted by atomic mass is 10.1. The minimum absolute atomic E-state index is 0.0939. The summed E-state index contributed by atoms with van der Waals surface area (Å²) in [5, 5.41) is 2.65. The number of carbonyl (C=O) groups excluding carboxylic acids is 3. The fourth-order valence-corrected chi connectivity index (χ4v) is 6.94. The van der Waals surface area contributed by atoms with E-state index in [0.29, 0.717) is 17.9 Å². The van der Waals surface area contributed by atoms with Crippen molar-refractivity contribution in [2.24, 2.45) is 5.73 Å². The molecule has 0 bridgehead atoms. The highest BCUT2D eigenvalue weighted by molar-refractivity contribution is 5.87. The number of likely N-dealkylation sites (N-methyl/N-ethyl adjacent to an activating group) is 1. The molecule has 4 atom stereocenters. The third-order valence-electron chi connectivity index (χ3n) is 10.4. The van der Waals surface area contributed by atoms with Crippen LogP contribution in [-0.4, -0.2) is 68.3 Å². The Bertz CT molecular complexity index is 2380. The number of nitrogens with one attached hydrogen (secondary N) is 3. The molecule has 3 amide bonds. The molecule has 0 spiro atoms. The zero-order valence-electron chi connectivity index (χ0n) is 32.0. The van der Waals surface area contributed by atoms with Gasteiger partial charge < -0.3 is 35.6 Å². The number of methoxy groups -OCH3 is 1. The van der Waals surface area contributed by atoms with Crippen molar-refractivity contribution in [3.05, 3.63) is 155 Å². The van der Waals surface area contributed by atoms with E-state index in [9.17, 15) is 14.4 Å². The molecule has 0 saturated carbocycles. The minimum Gasteiger partial charge on any atom is -0.453 e. The molecule has 1 aliphatic rings. The average Bonchev–Trinajstić information content (AvgIpc) is 4.07. The largest absolute Gasteiger partial charge is 0.453 e. The Hall–Kier alpha value is -6.97. The van der Waals surface area contributed by atoms with Gasteiger partial charge in [0.25, 0.3) is 0 Å². The summed E-state index contributed by atoms with van der Waals surface area (Å²) in [4.78, 5) is 58.4. The fraction of sp³-hybridized carbons (Fsp3) is 0.222. The van der Waals surface area contributed by atoms with E-state index in [1.807, 2.05) is 115 Å². The number of ether oxygens (including phenoxy) is 1. The highest BCUT2D eigenvalue weighted by Gasteiger charge is 2.35. The first-order valence-electron chi connectivity index (χ1n) is 18.8. The van der Waals surface area contributed by atoms with Gasteiger partial charge in [0.1, 0.15) is 23.7 Å². The monoisotopic (exact) mass is 760 g/mol. The first-order valence-corrected chi connectivity index (χ1v) is 18.8. The van der Waals surface area contributed by atoms with Gasteiger partial charge in [-0.2, -0.15) is 0 Å². The van der Waals surface area contributed by atoms with Crippen molar-refractivity contribution < 1.29 is 19.1 Å². The Kier molecular flexibility index (Phi) is 11.6. The second kappa shape index (κ2) is 17.2. The van der Waals surface area contributed by atoms with Gasteiger partial charge >= 0.3 is 6.09 Å². The number of hydrogen-bond donors (Lipinski definition) is 4. The fourth-order valence-electron chi connectivity index (χ4n) is 6.94. The zero-order chi connectivity index (χ0) is 39.9. The summed E-state index contributed by atoms with van der Waals surface area (Å²) >= 11 is 0. The van der Waals surface area contributed by atoms with E-state index in [-0.39, 0.29) is 17.9 Å². The van der Waals surface area contributed by atoms with E-state index in [1.54, 1.807) is 30.3 Å². The molecular weight excluding hydrogens is 717 g/mol. The van der Waals surface area contributed by atoms with Crippen molar-refractivity contribution in [1.29, 1.82) is 0 Å². The normalized spacial score (nSPS) is 15.2. The summed E-state index contributed by atoms with van der Waals surface area (Å²) in [5.41, 5.74) is 13.1. The maximum atomic E-state index is 13.6. The van der Waals surface area contributed by atoms with Crippen molar-refractivity contribution in [3.8, 4) is 34.4 Å². The summed E-state index contributed by atoms with van der Waals surface area (Å²) in [5.74, 6) is 7.44. The third kappa shape index (κ3) is 8.64. The lowest BCUT2D eigenvalue weighted by Crippen LogP contribution is -2.42. The van der Waals surface area contributed by atoms with Crippen LogP contribution in [0.1, 0.15) is 77.8 Å². The molecule has 3 heterocycles. The molecule has 288 valence electrons. The van der Waals surface area contributed by atoms with Gasteiger partial charge in [-0.25, -0.2) is 14.8 Å². The zero-order valence-corrected chi connectivity index (χ0v) is 32.0. The Morgan fingerprint density at radius 1 is 0.825 bits per heavy atom. The van der Waals surface area contributed by atoms with E-state index in [2.05, 4.69) is 37.1 Å². The maximum Gasteiger partial charge on any atom is 0.407 e. The van der Waals surface area contributed by atoms with E-state index in [4.69, 9.17) is 10.5 Å². The number of nitrogens with zero attached hydrogens (tertiary/aromatic N) is 4. The lowest BCUT2D eigenvalue weighted by molar-refractivity contribution is -0.134. The van der Waals surface area contributed by atoms with Gasteiger partial charge in [0.15, 0.2) is 0 Å². The van der Waals surface area contributed by atoms with Gasteiger partial charge in [-0.3, -0.25) is 9.59 Å². The molecule has 12 nitrogen and oxygen atoms in total. The van der Waals surface area contributed by atoms with E-state index in [1.165, 1.54) is 7.11 Å². The summed E-state index contributed by atoms with van der Waals surface area (Å²) in [6.07, 6.45) is 4.57. The van der Waals surface area contributed by atoms with Crippen molar-refractivity contribution in [1.82, 2.24) is 35.1 Å². The van der Waals surface area contributed by atoms with Crippen molar-refractivity contribution in [2.45, 2.75) is 43.9 Å². The van der Waals surface area contributed by atoms with Crippen LogP contribution in [0.4, 0.5) is 4.79 Å². The number of amides is 3. The van der Waals surface area contributed by atoms with Crippen LogP contribution < -0.4 is 11.1 Å². The number of aromatic nitrogens is 4. The summed E-state index contributed by atoms with van der Waals surface area (Å²) < 4.78 is 4.77. The van der Waals surface area contributed by atoms with Gasteiger partial charge in [-0.05, 0) is 66.3 Å². The number of benzene rings is 4. The van der Waals surface area contributed by atoms with Crippen LogP contribution in [0.25, 0.3) is 22.5 Å². The number of imidazole rings is 2. The molecule has 1 saturated heterocycles. The number of nitrogens with two attached hydrogens (primary N) is 1. The van der Waals surface area contributed by atoms with Gasteiger partial charge in [-0.15, -0.1) is 0 Å². The van der Waals surface area contributed by atoms with Crippen LogP contribution in [0.15, 0.2) is 122 Å². The van der Waals surface area contributed by atoms with Crippen LogP contribution >= 0.6 is 0 Å². The van der Waals surface area contributed by atoms with Crippen LogP contribution in [0.3, 0.4) is 0 Å². The first-order chi connectivity index (χ1) is 27.7. The van der Waals surface area contributed by atoms with Crippen molar-refractivity contribution >= 4 is 17.9 Å². The molecule has 0 radical (unpaired) electrons. The van der Waals surface area contributed by atoms with Gasteiger partial charge in [0.2, 0.25) is 11.8 Å². The second-order valence-electron chi connectivity index (χ2n) is 14.0. The van der Waals surface area contributed by atoms with Gasteiger partial charge in [-0.1, -0.05) is 96.8 Å². The summed E-state index contributed by atoms with van der Waals surface area (Å²) in [6, 6.07) is 32.1. The molecule has 7 rings (SSSR count). The Morgan fingerprint density at radius 2 is 1.39 bits per heavy atom. The Morgan fingerprint density at radius 3 is 1.98 bits per heavy atom. The first kappa shape index (κ1) is 38.3. The molecule has 0 unspecified atom stereocenters. The van der Waals surface area contributed by atoms with E-state index < -0.39 is 24.2 Å². The molecule has 1 fully saturated rings. The molecule has 6 aromatic rings. The number of rotatable bonds is 10. The minimum atomic E-state index is -0.921.